The maximum atomic E-state index is 9.14. The van der Waals surface area contributed by atoms with Gasteiger partial charge in [0.15, 0.2) is 0 Å². The summed E-state index contributed by atoms with van der Waals surface area (Å²) in [7, 11) is 0. The van der Waals surface area contributed by atoms with Crippen molar-refractivity contribution < 1.29 is 30.0 Å². The van der Waals surface area contributed by atoms with Crippen LogP contribution in [0.5, 0.6) is 11.5 Å². The molecule has 0 spiro atoms. The molecule has 0 heterocycles. The topological polar surface area (TPSA) is 115 Å². The van der Waals surface area contributed by atoms with Crippen molar-refractivity contribution >= 4 is 24.1 Å². The first-order valence-electron chi connectivity index (χ1n) is 7.52. The minimum absolute atomic E-state index is 0.270. The Morgan fingerprint density at radius 3 is 1.12 bits per heavy atom. The first-order valence-corrected chi connectivity index (χ1v) is 7.52. The van der Waals surface area contributed by atoms with Crippen molar-refractivity contribution in [3.05, 3.63) is 71.8 Å². The van der Waals surface area contributed by atoms with E-state index >= 15 is 0 Å². The van der Waals surface area contributed by atoms with Crippen LogP contribution in [0.3, 0.4) is 0 Å². The van der Waals surface area contributed by atoms with Gasteiger partial charge in [-0.15, -0.1) is 0 Å². The monoisotopic (exact) mass is 358 g/mol. The SMILES string of the molecule is CC(=O)O.CC(=O)O.Oc1ccc(/C=C/C=C/c2ccc(O)cc2)cc1. The van der Waals surface area contributed by atoms with Gasteiger partial charge in [0.1, 0.15) is 11.5 Å². The molecular weight excluding hydrogens is 336 g/mol. The van der Waals surface area contributed by atoms with Crippen molar-refractivity contribution in [1.29, 1.82) is 0 Å². The Balaban J connectivity index is 0.000000662. The fourth-order valence-corrected chi connectivity index (χ4v) is 1.50. The maximum Gasteiger partial charge on any atom is 0.300 e. The lowest BCUT2D eigenvalue weighted by atomic mass is 10.2. The van der Waals surface area contributed by atoms with Crippen molar-refractivity contribution in [1.82, 2.24) is 0 Å². The van der Waals surface area contributed by atoms with Crippen LogP contribution in [0.1, 0.15) is 25.0 Å². The van der Waals surface area contributed by atoms with E-state index in [-0.39, 0.29) is 11.5 Å². The van der Waals surface area contributed by atoms with Crippen LogP contribution < -0.4 is 0 Å². The molecule has 0 saturated heterocycles. The van der Waals surface area contributed by atoms with Gasteiger partial charge in [-0.25, -0.2) is 0 Å². The van der Waals surface area contributed by atoms with E-state index in [1.807, 2.05) is 48.6 Å². The Hall–Kier alpha value is -3.54. The van der Waals surface area contributed by atoms with Gasteiger partial charge in [-0.2, -0.15) is 0 Å². The van der Waals surface area contributed by atoms with Gasteiger partial charge < -0.3 is 20.4 Å². The molecule has 0 aromatic heterocycles. The summed E-state index contributed by atoms with van der Waals surface area (Å²) in [5.41, 5.74) is 2.06. The number of phenolic OH excluding ortho intramolecular Hbond substituents is 2. The highest BCUT2D eigenvalue weighted by molar-refractivity contribution is 5.63. The van der Waals surface area contributed by atoms with Gasteiger partial charge in [-0.05, 0) is 35.4 Å². The van der Waals surface area contributed by atoms with Crippen molar-refractivity contribution in [3.8, 4) is 11.5 Å². The van der Waals surface area contributed by atoms with E-state index in [0.29, 0.717) is 0 Å². The minimum Gasteiger partial charge on any atom is -0.508 e. The third kappa shape index (κ3) is 14.1. The van der Waals surface area contributed by atoms with Crippen LogP contribution in [0, 0.1) is 0 Å². The largest absolute Gasteiger partial charge is 0.508 e. The summed E-state index contributed by atoms with van der Waals surface area (Å²) >= 11 is 0. The number of benzene rings is 2. The molecule has 0 aliphatic carbocycles. The molecule has 2 aromatic carbocycles. The highest BCUT2D eigenvalue weighted by atomic mass is 16.4. The minimum atomic E-state index is -0.833. The number of hydrogen-bond donors (Lipinski definition) is 4. The lowest BCUT2D eigenvalue weighted by Gasteiger charge is -1.93. The Labute approximate surface area is 152 Å². The molecule has 6 heteroatoms. The summed E-state index contributed by atoms with van der Waals surface area (Å²) in [6.07, 6.45) is 7.77. The Morgan fingerprint density at radius 1 is 0.654 bits per heavy atom. The molecule has 0 aliphatic rings. The highest BCUT2D eigenvalue weighted by Crippen LogP contribution is 2.12. The number of rotatable bonds is 3. The normalized spacial score (nSPS) is 9.77. The lowest BCUT2D eigenvalue weighted by molar-refractivity contribution is -0.135. The molecule has 0 radical (unpaired) electrons. The Bertz CT molecular complexity index is 654. The standard InChI is InChI=1S/C16H14O2.2C2H4O2/c17-15-9-5-13(6-10-15)3-1-2-4-14-7-11-16(18)12-8-14;2*1-2(3)4/h1-12,17-18H;2*1H3,(H,3,4)/b3-1+,4-2+;;. The number of aromatic hydroxyl groups is 2. The Kier molecular flexibility index (Phi) is 11.1. The molecule has 0 fully saturated rings. The summed E-state index contributed by atoms with van der Waals surface area (Å²) in [6, 6.07) is 14.0. The van der Waals surface area contributed by atoms with Crippen molar-refractivity contribution in [2.24, 2.45) is 0 Å². The predicted octanol–water partition coefficient (Wildman–Crippen LogP) is 4.01. The molecule has 0 atom stereocenters. The van der Waals surface area contributed by atoms with Gasteiger partial charge in [0.05, 0.1) is 0 Å². The molecule has 0 saturated carbocycles. The lowest BCUT2D eigenvalue weighted by Crippen LogP contribution is -1.78. The van der Waals surface area contributed by atoms with Crippen LogP contribution in [-0.4, -0.2) is 32.4 Å². The number of carboxylic acids is 2. The van der Waals surface area contributed by atoms with Crippen molar-refractivity contribution in [2.45, 2.75) is 13.8 Å². The number of carboxylic acid groups (broad SMARTS) is 2. The van der Waals surface area contributed by atoms with E-state index < -0.39 is 11.9 Å². The zero-order valence-electron chi connectivity index (χ0n) is 14.5. The van der Waals surface area contributed by atoms with Crippen LogP contribution >= 0.6 is 0 Å². The molecule has 0 amide bonds. The predicted molar refractivity (Wildman–Crippen MR) is 101 cm³/mol. The van der Waals surface area contributed by atoms with E-state index in [1.54, 1.807) is 24.3 Å². The van der Waals surface area contributed by atoms with E-state index in [1.165, 1.54) is 0 Å². The highest BCUT2D eigenvalue weighted by Gasteiger charge is 1.88. The fourth-order valence-electron chi connectivity index (χ4n) is 1.50. The van der Waals surface area contributed by atoms with Gasteiger partial charge in [0.2, 0.25) is 0 Å². The summed E-state index contributed by atoms with van der Waals surface area (Å²) in [4.78, 5) is 18.0. The van der Waals surface area contributed by atoms with Crippen LogP contribution in [0.15, 0.2) is 60.7 Å². The van der Waals surface area contributed by atoms with E-state index in [9.17, 15) is 0 Å². The average Bonchev–Trinajstić information content (AvgIpc) is 2.54. The second-order valence-corrected chi connectivity index (χ2v) is 4.94. The van der Waals surface area contributed by atoms with E-state index in [4.69, 9.17) is 30.0 Å². The summed E-state index contributed by atoms with van der Waals surface area (Å²) in [6.45, 7) is 2.17. The van der Waals surface area contributed by atoms with Crippen LogP contribution in [0.2, 0.25) is 0 Å². The smallest absolute Gasteiger partial charge is 0.300 e. The number of allylic oxidation sites excluding steroid dienone is 2. The van der Waals surface area contributed by atoms with Gasteiger partial charge in [0.25, 0.3) is 11.9 Å². The molecule has 0 unspecified atom stereocenters. The van der Waals surface area contributed by atoms with Gasteiger partial charge in [-0.1, -0.05) is 48.6 Å². The summed E-state index contributed by atoms with van der Waals surface area (Å²) in [5.74, 6) is -1.13. The number of carbonyl (C=O) groups is 2. The second kappa shape index (κ2) is 12.8. The van der Waals surface area contributed by atoms with E-state index in [0.717, 1.165) is 25.0 Å². The average molecular weight is 358 g/mol. The fraction of sp³-hybridized carbons (Fsp3) is 0.100. The molecular formula is C20H22O6. The summed E-state index contributed by atoms with van der Waals surface area (Å²) in [5, 5.41) is 33.1. The molecule has 4 N–H and O–H groups in total. The van der Waals surface area contributed by atoms with Crippen LogP contribution in [0.4, 0.5) is 0 Å². The van der Waals surface area contributed by atoms with Crippen molar-refractivity contribution in [2.75, 3.05) is 0 Å². The molecule has 6 nitrogen and oxygen atoms in total. The van der Waals surface area contributed by atoms with E-state index in [2.05, 4.69) is 0 Å². The Morgan fingerprint density at radius 2 is 0.885 bits per heavy atom. The van der Waals surface area contributed by atoms with Gasteiger partial charge >= 0.3 is 0 Å². The molecule has 2 rings (SSSR count). The molecule has 0 bridgehead atoms. The number of aliphatic carboxylic acids is 2. The number of phenols is 2. The second-order valence-electron chi connectivity index (χ2n) is 4.94. The summed E-state index contributed by atoms with van der Waals surface area (Å²) < 4.78 is 0. The van der Waals surface area contributed by atoms with Gasteiger partial charge in [0, 0.05) is 13.8 Å². The van der Waals surface area contributed by atoms with Crippen LogP contribution in [-0.2, 0) is 9.59 Å². The third-order valence-corrected chi connectivity index (χ3v) is 2.47. The molecule has 26 heavy (non-hydrogen) atoms. The number of hydrogen-bond acceptors (Lipinski definition) is 4. The van der Waals surface area contributed by atoms with Crippen molar-refractivity contribution in [3.63, 3.8) is 0 Å². The third-order valence-electron chi connectivity index (χ3n) is 2.47. The first-order chi connectivity index (χ1) is 12.2. The zero-order valence-corrected chi connectivity index (χ0v) is 14.5. The molecule has 0 aliphatic heterocycles. The first kappa shape index (κ1) is 22.5. The maximum absolute atomic E-state index is 9.14. The quantitative estimate of drug-likeness (QED) is 0.616. The van der Waals surface area contributed by atoms with Crippen LogP contribution in [0.25, 0.3) is 12.2 Å². The zero-order chi connectivity index (χ0) is 19.9. The molecule has 138 valence electrons. The molecule has 2 aromatic rings. The van der Waals surface area contributed by atoms with Gasteiger partial charge in [-0.3, -0.25) is 9.59 Å².